The third-order valence-corrected chi connectivity index (χ3v) is 5.18. The van der Waals surface area contributed by atoms with Gasteiger partial charge in [-0.15, -0.1) is 0 Å². The first-order valence-corrected chi connectivity index (χ1v) is 8.91. The van der Waals surface area contributed by atoms with Crippen molar-refractivity contribution in [3.05, 3.63) is 18.0 Å². The van der Waals surface area contributed by atoms with E-state index in [0.29, 0.717) is 6.04 Å². The first-order valence-electron chi connectivity index (χ1n) is 8.91. The molecule has 1 atom stereocenters. The van der Waals surface area contributed by atoms with Crippen molar-refractivity contribution >= 4 is 0 Å². The van der Waals surface area contributed by atoms with Crippen LogP contribution in [0.25, 0.3) is 0 Å². The van der Waals surface area contributed by atoms with Crippen molar-refractivity contribution in [2.75, 3.05) is 6.54 Å². The molecule has 1 aromatic heterocycles. The van der Waals surface area contributed by atoms with Crippen LogP contribution in [0, 0.1) is 17.8 Å². The quantitative estimate of drug-likeness (QED) is 0.806. The molecular formula is C18H33N3. The summed E-state index contributed by atoms with van der Waals surface area (Å²) in [5.41, 5.74) is 1.39. The summed E-state index contributed by atoms with van der Waals surface area (Å²) in [4.78, 5) is 0. The van der Waals surface area contributed by atoms with Crippen molar-refractivity contribution in [1.82, 2.24) is 15.1 Å². The minimum Gasteiger partial charge on any atom is -0.310 e. The monoisotopic (exact) mass is 291 g/mol. The Balaban J connectivity index is 2.02. The lowest BCUT2D eigenvalue weighted by atomic mass is 9.73. The molecule has 1 aliphatic rings. The molecule has 1 aromatic rings. The van der Waals surface area contributed by atoms with Crippen LogP contribution >= 0.6 is 0 Å². The van der Waals surface area contributed by atoms with E-state index in [1.54, 1.807) is 0 Å². The van der Waals surface area contributed by atoms with Crippen LogP contribution in [0.4, 0.5) is 0 Å². The van der Waals surface area contributed by atoms with Gasteiger partial charge in [-0.25, -0.2) is 0 Å². The summed E-state index contributed by atoms with van der Waals surface area (Å²) in [5, 5.41) is 8.26. The molecule has 3 heteroatoms. The van der Waals surface area contributed by atoms with E-state index >= 15 is 0 Å². The van der Waals surface area contributed by atoms with Crippen LogP contribution in [-0.4, -0.2) is 16.3 Å². The zero-order chi connectivity index (χ0) is 15.2. The fourth-order valence-corrected chi connectivity index (χ4v) is 3.71. The maximum absolute atomic E-state index is 4.48. The zero-order valence-corrected chi connectivity index (χ0v) is 14.3. The third kappa shape index (κ3) is 4.32. The SMILES string of the molecule is CCCNC(c1cnn(CC)c1)C1CCC(C(C)C)CC1. The van der Waals surface area contributed by atoms with Gasteiger partial charge in [-0.2, -0.15) is 5.10 Å². The molecular weight excluding hydrogens is 258 g/mol. The lowest BCUT2D eigenvalue weighted by Crippen LogP contribution is -2.32. The van der Waals surface area contributed by atoms with E-state index < -0.39 is 0 Å². The van der Waals surface area contributed by atoms with Crippen LogP contribution in [0.1, 0.15) is 71.4 Å². The topological polar surface area (TPSA) is 29.9 Å². The molecule has 0 spiro atoms. The minimum atomic E-state index is 0.498. The number of rotatable bonds is 7. The van der Waals surface area contributed by atoms with Gasteiger partial charge in [-0.3, -0.25) is 4.68 Å². The Bertz CT molecular complexity index is 402. The van der Waals surface area contributed by atoms with E-state index in [4.69, 9.17) is 0 Å². The molecule has 1 fully saturated rings. The van der Waals surface area contributed by atoms with Crippen LogP contribution in [0.5, 0.6) is 0 Å². The summed E-state index contributed by atoms with van der Waals surface area (Å²) in [6.07, 6.45) is 11.0. The molecule has 1 aliphatic carbocycles. The molecule has 0 radical (unpaired) electrons. The molecule has 2 rings (SSSR count). The number of hydrogen-bond donors (Lipinski definition) is 1. The first kappa shape index (κ1) is 16.5. The van der Waals surface area contributed by atoms with Gasteiger partial charge in [0.05, 0.1) is 6.20 Å². The molecule has 120 valence electrons. The van der Waals surface area contributed by atoms with E-state index in [0.717, 1.165) is 30.8 Å². The lowest BCUT2D eigenvalue weighted by Gasteiger charge is -2.35. The average molecular weight is 291 g/mol. The Labute approximate surface area is 130 Å². The van der Waals surface area contributed by atoms with Gasteiger partial charge in [0.15, 0.2) is 0 Å². The highest BCUT2D eigenvalue weighted by Crippen LogP contribution is 2.39. The van der Waals surface area contributed by atoms with Crippen molar-refractivity contribution in [1.29, 1.82) is 0 Å². The summed E-state index contributed by atoms with van der Waals surface area (Å²) in [5.74, 6) is 2.56. The number of nitrogens with one attached hydrogen (secondary N) is 1. The highest BCUT2D eigenvalue weighted by molar-refractivity contribution is 5.12. The van der Waals surface area contributed by atoms with Gasteiger partial charge in [0.2, 0.25) is 0 Å². The van der Waals surface area contributed by atoms with Crippen LogP contribution in [0.3, 0.4) is 0 Å². The standard InChI is InChI=1S/C18H33N3/c1-5-11-19-18(17-12-20-21(6-2)13-17)16-9-7-15(8-10-16)14(3)4/h12-16,18-19H,5-11H2,1-4H3. The number of nitrogens with zero attached hydrogens (tertiary/aromatic N) is 2. The van der Waals surface area contributed by atoms with Crippen LogP contribution in [0.15, 0.2) is 12.4 Å². The number of aryl methyl sites for hydroxylation is 1. The average Bonchev–Trinajstić information content (AvgIpc) is 2.97. The predicted molar refractivity (Wildman–Crippen MR) is 89.2 cm³/mol. The Kier molecular flexibility index (Phi) is 6.28. The smallest absolute Gasteiger partial charge is 0.0537 e. The van der Waals surface area contributed by atoms with Crippen molar-refractivity contribution < 1.29 is 0 Å². The molecule has 0 saturated heterocycles. The van der Waals surface area contributed by atoms with Crippen molar-refractivity contribution in [2.45, 2.75) is 72.4 Å². The van der Waals surface area contributed by atoms with Gasteiger partial charge in [-0.05, 0) is 63.3 Å². The van der Waals surface area contributed by atoms with Gasteiger partial charge < -0.3 is 5.32 Å². The maximum Gasteiger partial charge on any atom is 0.0537 e. The molecule has 3 nitrogen and oxygen atoms in total. The Morgan fingerprint density at radius 3 is 2.38 bits per heavy atom. The van der Waals surface area contributed by atoms with Gasteiger partial charge in [-0.1, -0.05) is 20.8 Å². The summed E-state index contributed by atoms with van der Waals surface area (Å²) in [6.45, 7) is 11.2. The van der Waals surface area contributed by atoms with Gasteiger partial charge in [0.1, 0.15) is 0 Å². The normalized spacial score (nSPS) is 24.4. The summed E-state index contributed by atoms with van der Waals surface area (Å²) < 4.78 is 2.05. The number of aromatic nitrogens is 2. The largest absolute Gasteiger partial charge is 0.310 e. The second-order valence-corrected chi connectivity index (χ2v) is 6.98. The van der Waals surface area contributed by atoms with Crippen molar-refractivity contribution in [3.63, 3.8) is 0 Å². The highest BCUT2D eigenvalue weighted by atomic mass is 15.3. The zero-order valence-electron chi connectivity index (χ0n) is 14.3. The lowest BCUT2D eigenvalue weighted by molar-refractivity contribution is 0.189. The molecule has 0 aliphatic heterocycles. The van der Waals surface area contributed by atoms with E-state index in [2.05, 4.69) is 55.2 Å². The first-order chi connectivity index (χ1) is 10.2. The Morgan fingerprint density at radius 1 is 1.19 bits per heavy atom. The number of hydrogen-bond acceptors (Lipinski definition) is 2. The van der Waals surface area contributed by atoms with Crippen molar-refractivity contribution in [3.8, 4) is 0 Å². The second kappa shape index (κ2) is 7.98. The third-order valence-electron chi connectivity index (χ3n) is 5.18. The Morgan fingerprint density at radius 2 is 1.86 bits per heavy atom. The summed E-state index contributed by atoms with van der Waals surface area (Å²) >= 11 is 0. The van der Waals surface area contributed by atoms with Gasteiger partial charge >= 0.3 is 0 Å². The molecule has 1 saturated carbocycles. The van der Waals surface area contributed by atoms with Crippen LogP contribution < -0.4 is 5.32 Å². The molecule has 0 bridgehead atoms. The molecule has 21 heavy (non-hydrogen) atoms. The minimum absolute atomic E-state index is 0.498. The van der Waals surface area contributed by atoms with E-state index in [1.165, 1.54) is 37.7 Å². The van der Waals surface area contributed by atoms with E-state index in [1.807, 2.05) is 0 Å². The van der Waals surface area contributed by atoms with Gasteiger partial charge in [0.25, 0.3) is 0 Å². The van der Waals surface area contributed by atoms with Gasteiger partial charge in [0, 0.05) is 24.3 Å². The predicted octanol–water partition coefficient (Wildman–Crippen LogP) is 4.41. The van der Waals surface area contributed by atoms with Crippen LogP contribution in [0.2, 0.25) is 0 Å². The maximum atomic E-state index is 4.48. The summed E-state index contributed by atoms with van der Waals surface area (Å²) in [7, 11) is 0. The highest BCUT2D eigenvalue weighted by Gasteiger charge is 2.29. The molecule has 1 heterocycles. The van der Waals surface area contributed by atoms with Crippen molar-refractivity contribution in [2.24, 2.45) is 17.8 Å². The van der Waals surface area contributed by atoms with E-state index in [-0.39, 0.29) is 0 Å². The molecule has 1 unspecified atom stereocenters. The fraction of sp³-hybridized carbons (Fsp3) is 0.833. The van der Waals surface area contributed by atoms with E-state index in [9.17, 15) is 0 Å². The Hall–Kier alpha value is -0.830. The molecule has 1 N–H and O–H groups in total. The fourth-order valence-electron chi connectivity index (χ4n) is 3.71. The summed E-state index contributed by atoms with van der Waals surface area (Å²) in [6, 6.07) is 0.498. The second-order valence-electron chi connectivity index (χ2n) is 6.98. The molecule has 0 amide bonds. The molecule has 0 aromatic carbocycles. The van der Waals surface area contributed by atoms with Crippen LogP contribution in [-0.2, 0) is 6.54 Å².